The molecule has 0 aromatic rings. The van der Waals surface area contributed by atoms with Crippen LogP contribution in [0.2, 0.25) is 0 Å². The molecule has 0 amide bonds. The van der Waals surface area contributed by atoms with Gasteiger partial charge in [0.05, 0.1) is 18.3 Å². The molecule has 0 N–H and O–H groups in total. The predicted octanol–water partition coefficient (Wildman–Crippen LogP) is 5.57. The maximum absolute atomic E-state index is 12.3. The summed E-state index contributed by atoms with van der Waals surface area (Å²) < 4.78 is 7.68. The van der Waals surface area contributed by atoms with E-state index < -0.39 is 0 Å². The minimum Gasteiger partial charge on any atom is -0.461 e. The van der Waals surface area contributed by atoms with Gasteiger partial charge in [-0.2, -0.15) is 0 Å². The van der Waals surface area contributed by atoms with Crippen molar-refractivity contribution in [3.8, 4) is 11.3 Å². The second kappa shape index (κ2) is 7.26. The van der Waals surface area contributed by atoms with E-state index in [0.717, 1.165) is 29.7 Å². The number of unbranched alkanes of at least 4 members (excludes halogenated alkanes) is 2. The molecule has 0 saturated carbocycles. The van der Waals surface area contributed by atoms with Crippen molar-refractivity contribution in [2.75, 3.05) is 6.61 Å². The number of rotatable bonds is 6. The molecule has 0 bridgehead atoms. The Morgan fingerprint density at radius 2 is 1.96 bits per heavy atom. The third-order valence-electron chi connectivity index (χ3n) is 5.81. The summed E-state index contributed by atoms with van der Waals surface area (Å²) in [5.41, 5.74) is 8.78. The summed E-state index contributed by atoms with van der Waals surface area (Å²) >= 11 is 0. The highest BCUT2D eigenvalue weighted by Crippen LogP contribution is 2.43. The molecule has 0 aromatic carbocycles. The van der Waals surface area contributed by atoms with Crippen molar-refractivity contribution < 1.29 is 9.53 Å². The number of fused-ring (bicyclic) bond motifs is 2. The third kappa shape index (κ3) is 2.85. The first kappa shape index (κ1) is 18.7. The summed E-state index contributed by atoms with van der Waals surface area (Å²) in [4.78, 5) is 17.0. The van der Waals surface area contributed by atoms with Gasteiger partial charge >= 0.3 is 5.97 Å². The normalized spacial score (nSPS) is 16.5. The highest BCUT2D eigenvalue weighted by atomic mass is 16.5. The van der Waals surface area contributed by atoms with Crippen LogP contribution in [0.3, 0.4) is 0 Å². The van der Waals surface area contributed by atoms with E-state index in [2.05, 4.69) is 43.3 Å². The Labute approximate surface area is 156 Å². The fourth-order valence-corrected chi connectivity index (χ4v) is 4.13. The zero-order valence-corrected chi connectivity index (χ0v) is 16.9. The van der Waals surface area contributed by atoms with Gasteiger partial charge in [0.2, 0.25) is 0 Å². The van der Waals surface area contributed by atoms with E-state index in [1.807, 2.05) is 13.8 Å². The number of carbonyl (C=O) groups is 1. The van der Waals surface area contributed by atoms with E-state index >= 15 is 0 Å². The number of aromatic nitrogens is 2. The number of hydrogen-bond donors (Lipinski definition) is 0. The van der Waals surface area contributed by atoms with Crippen LogP contribution in [-0.4, -0.2) is 22.1 Å². The second-order valence-electron chi connectivity index (χ2n) is 7.35. The molecular weight excluding hydrogens is 324 g/mol. The van der Waals surface area contributed by atoms with Crippen molar-refractivity contribution >= 4 is 11.5 Å². The minimum atomic E-state index is -0.317. The van der Waals surface area contributed by atoms with E-state index in [4.69, 9.17) is 4.74 Å². The zero-order valence-electron chi connectivity index (χ0n) is 16.9. The minimum absolute atomic E-state index is 0.317. The summed E-state index contributed by atoms with van der Waals surface area (Å²) in [5, 5.41) is 0. The predicted molar refractivity (Wildman–Crippen MR) is 106 cm³/mol. The molecule has 3 aliphatic rings. The molecule has 0 aromatic heterocycles. The fraction of sp³-hybridized carbons (Fsp3) is 0.545. The van der Waals surface area contributed by atoms with Crippen LogP contribution in [0.4, 0.5) is 0 Å². The molecule has 3 rings (SSSR count). The van der Waals surface area contributed by atoms with Crippen LogP contribution >= 0.6 is 0 Å². The Bertz CT molecular complexity index is 844. The molecule has 3 aliphatic heterocycles. The lowest BCUT2D eigenvalue weighted by molar-refractivity contribution is 0.0519. The average molecular weight is 354 g/mol. The first-order valence-corrected chi connectivity index (χ1v) is 9.81. The lowest BCUT2D eigenvalue weighted by Gasteiger charge is -2.22. The summed E-state index contributed by atoms with van der Waals surface area (Å²) in [5.74, 6) is -0.317. The van der Waals surface area contributed by atoms with Crippen molar-refractivity contribution in [1.82, 2.24) is 9.55 Å². The van der Waals surface area contributed by atoms with E-state index in [1.165, 1.54) is 35.4 Å². The lowest BCUT2D eigenvalue weighted by atomic mass is 9.98. The summed E-state index contributed by atoms with van der Waals surface area (Å²) in [6.07, 6.45) is 4.57. The first-order valence-electron chi connectivity index (χ1n) is 9.81. The number of pyridine rings is 1. The van der Waals surface area contributed by atoms with Gasteiger partial charge in [-0.3, -0.25) is 0 Å². The Balaban J connectivity index is 2.22. The van der Waals surface area contributed by atoms with Crippen molar-refractivity contribution in [3.63, 3.8) is 0 Å². The van der Waals surface area contributed by atoms with Crippen LogP contribution in [0, 0.1) is 6.92 Å². The van der Waals surface area contributed by atoms with Gasteiger partial charge in [0.1, 0.15) is 0 Å². The van der Waals surface area contributed by atoms with Gasteiger partial charge in [0.25, 0.3) is 0 Å². The van der Waals surface area contributed by atoms with Crippen LogP contribution in [0.1, 0.15) is 87.4 Å². The number of hydrogen-bond acceptors (Lipinski definition) is 3. The van der Waals surface area contributed by atoms with E-state index in [0.29, 0.717) is 18.3 Å². The van der Waals surface area contributed by atoms with Crippen molar-refractivity contribution in [2.45, 2.75) is 73.3 Å². The molecule has 0 saturated heterocycles. The summed E-state index contributed by atoms with van der Waals surface area (Å²) in [7, 11) is 0. The molecule has 4 heteroatoms. The van der Waals surface area contributed by atoms with Crippen LogP contribution in [0.5, 0.6) is 0 Å². The van der Waals surface area contributed by atoms with Gasteiger partial charge in [-0.15, -0.1) is 0 Å². The molecule has 140 valence electrons. The molecule has 26 heavy (non-hydrogen) atoms. The molecule has 4 nitrogen and oxygen atoms in total. The molecule has 0 radical (unpaired) electrons. The van der Waals surface area contributed by atoms with Gasteiger partial charge < -0.3 is 9.30 Å². The average Bonchev–Trinajstić information content (AvgIpc) is 3.06. The second-order valence-corrected chi connectivity index (χ2v) is 7.35. The van der Waals surface area contributed by atoms with Gasteiger partial charge in [-0.1, -0.05) is 19.8 Å². The smallest absolute Gasteiger partial charge is 0.357 e. The van der Waals surface area contributed by atoms with Crippen LogP contribution < -0.4 is 0 Å². The lowest BCUT2D eigenvalue weighted by Crippen LogP contribution is -2.13. The number of ether oxygens (including phenoxy) is 1. The molecular formula is C22H30N2O2. The third-order valence-corrected chi connectivity index (χ3v) is 5.81. The van der Waals surface area contributed by atoms with Crippen molar-refractivity contribution in [1.29, 1.82) is 0 Å². The first-order chi connectivity index (χ1) is 12.4. The number of carbonyl (C=O) groups excluding carboxylic acids is 1. The number of allylic oxidation sites excluding steroid dienone is 2. The van der Waals surface area contributed by atoms with Crippen LogP contribution in [0.25, 0.3) is 16.8 Å². The highest BCUT2D eigenvalue weighted by molar-refractivity contribution is 5.94. The van der Waals surface area contributed by atoms with E-state index in [1.54, 1.807) is 0 Å². The standard InChI is InChI=1S/C22H30N2O2/c1-7-9-10-11-18-20-15(5)21(22(25)26-8-2)23-17(20)12-19-14(4)13(3)16(6)24(18)19/h12,16H,7-11H2,1-6H3/t16-/m0/s1. The van der Waals surface area contributed by atoms with E-state index in [-0.39, 0.29) is 5.97 Å². The summed E-state index contributed by atoms with van der Waals surface area (Å²) in [6, 6.07) is 2.50. The van der Waals surface area contributed by atoms with Gasteiger partial charge in [-0.05, 0) is 70.2 Å². The summed E-state index contributed by atoms with van der Waals surface area (Å²) in [6.45, 7) is 13.1. The van der Waals surface area contributed by atoms with Crippen molar-refractivity contribution in [3.05, 3.63) is 34.3 Å². The monoisotopic (exact) mass is 354 g/mol. The molecule has 3 heterocycles. The molecule has 0 aliphatic carbocycles. The molecule has 0 fully saturated rings. The van der Waals surface area contributed by atoms with Crippen molar-refractivity contribution in [2.24, 2.45) is 0 Å². The fourth-order valence-electron chi connectivity index (χ4n) is 4.13. The molecule has 0 unspecified atom stereocenters. The maximum Gasteiger partial charge on any atom is 0.357 e. The Morgan fingerprint density at radius 1 is 1.23 bits per heavy atom. The van der Waals surface area contributed by atoms with E-state index in [9.17, 15) is 4.79 Å². The van der Waals surface area contributed by atoms with Gasteiger partial charge in [0.15, 0.2) is 5.69 Å². The SMILES string of the molecule is CCCCCc1c2c(C)c(C(=O)OCC)nc-2cc2n1[C@@H](C)C(C)=C2C. The van der Waals surface area contributed by atoms with Gasteiger partial charge in [0, 0.05) is 17.0 Å². The Hall–Kier alpha value is -2.10. The highest BCUT2D eigenvalue weighted by Gasteiger charge is 2.31. The quantitative estimate of drug-likeness (QED) is 0.503. The number of nitrogens with zero attached hydrogens (tertiary/aromatic N) is 2. The molecule has 1 atom stereocenters. The maximum atomic E-state index is 12.3. The number of esters is 1. The largest absolute Gasteiger partial charge is 0.461 e. The van der Waals surface area contributed by atoms with Crippen LogP contribution in [0.15, 0.2) is 11.6 Å². The zero-order chi connectivity index (χ0) is 19.0. The van der Waals surface area contributed by atoms with Gasteiger partial charge in [-0.25, -0.2) is 9.78 Å². The Morgan fingerprint density at radius 3 is 2.62 bits per heavy atom. The topological polar surface area (TPSA) is 44.1 Å². The molecule has 0 spiro atoms. The van der Waals surface area contributed by atoms with Crippen LogP contribution in [-0.2, 0) is 11.2 Å². The Kier molecular flexibility index (Phi) is 5.22.